The molecule has 0 fully saturated rings. The minimum absolute atomic E-state index is 0. The van der Waals surface area contributed by atoms with Gasteiger partial charge in [0.15, 0.2) is 5.78 Å². The van der Waals surface area contributed by atoms with Crippen LogP contribution in [0.4, 0.5) is 0 Å². The molecular formula is C38H42IrNO3-. The molecule has 0 aliphatic rings. The van der Waals surface area contributed by atoms with Crippen molar-refractivity contribution in [3.63, 3.8) is 0 Å². The van der Waals surface area contributed by atoms with Gasteiger partial charge in [-0.1, -0.05) is 71.9 Å². The Balaban J connectivity index is 0.000000274. The zero-order valence-corrected chi connectivity index (χ0v) is 28.4. The Morgan fingerprint density at radius 2 is 1.58 bits per heavy atom. The Bertz CT molecular complexity index is 1640. The minimum Gasteiger partial charge on any atom is -0.512 e. The van der Waals surface area contributed by atoms with Gasteiger partial charge < -0.3 is 14.5 Å². The average molecular weight is 753 g/mol. The molecule has 227 valence electrons. The molecule has 2 aromatic heterocycles. The van der Waals surface area contributed by atoms with Crippen LogP contribution in [0.1, 0.15) is 64.5 Å². The van der Waals surface area contributed by atoms with Crippen molar-refractivity contribution in [1.29, 1.82) is 0 Å². The number of ketones is 1. The molecule has 3 aromatic carbocycles. The summed E-state index contributed by atoms with van der Waals surface area (Å²) in [6.07, 6.45) is 6.77. The standard InChI is InChI=1S/C25H18NO.C13H24O2.Ir/c1-16-11-17(2)13-21(12-16)25-22-8-7-20(14-18(22)9-10-26-25)24-15-19-5-3-4-6-23(19)27-24;1-5-10(6-2)12(14)9-13(15)11(7-3)8-4;/h3-12,14-15H,1-2H3;9-11,14H,5-8H2,1-4H3;/q-1;;/b;12-9-;. The van der Waals surface area contributed by atoms with E-state index in [2.05, 4.69) is 67.4 Å². The third-order valence-corrected chi connectivity index (χ3v) is 7.96. The summed E-state index contributed by atoms with van der Waals surface area (Å²) in [6.45, 7) is 12.2. The zero-order chi connectivity index (χ0) is 30.2. The fourth-order valence-corrected chi connectivity index (χ4v) is 5.47. The van der Waals surface area contributed by atoms with Crippen molar-refractivity contribution in [2.45, 2.75) is 67.2 Å². The maximum absolute atomic E-state index is 11.7. The van der Waals surface area contributed by atoms with Gasteiger partial charge in [0.2, 0.25) is 0 Å². The van der Waals surface area contributed by atoms with Crippen LogP contribution >= 0.6 is 0 Å². The fraction of sp³-hybridized carbons (Fsp3) is 0.316. The van der Waals surface area contributed by atoms with Gasteiger partial charge in [0.1, 0.15) is 11.3 Å². The summed E-state index contributed by atoms with van der Waals surface area (Å²) < 4.78 is 6.03. The topological polar surface area (TPSA) is 63.3 Å². The molecule has 4 nitrogen and oxygen atoms in total. The van der Waals surface area contributed by atoms with E-state index >= 15 is 0 Å². The number of fused-ring (bicyclic) bond motifs is 2. The molecule has 5 heteroatoms. The second-order valence-electron chi connectivity index (χ2n) is 11.0. The number of aliphatic hydroxyl groups is 1. The molecular weight excluding hydrogens is 711 g/mol. The van der Waals surface area contributed by atoms with Crippen LogP contribution in [0.2, 0.25) is 0 Å². The van der Waals surface area contributed by atoms with Crippen molar-refractivity contribution >= 4 is 27.5 Å². The number of allylic oxidation sites excluding steroid dienone is 2. The van der Waals surface area contributed by atoms with Crippen molar-refractivity contribution in [1.82, 2.24) is 4.98 Å². The number of carbonyl (C=O) groups excluding carboxylic acids is 1. The van der Waals surface area contributed by atoms with Crippen molar-refractivity contribution in [3.05, 3.63) is 102 Å². The van der Waals surface area contributed by atoms with Gasteiger partial charge in [-0.05, 0) is 66.4 Å². The molecule has 5 rings (SSSR count). The molecule has 0 amide bonds. The van der Waals surface area contributed by atoms with Crippen molar-refractivity contribution in [2.75, 3.05) is 0 Å². The van der Waals surface area contributed by atoms with Crippen LogP contribution in [0.3, 0.4) is 0 Å². The summed E-state index contributed by atoms with van der Waals surface area (Å²) in [5.41, 5.74) is 6.33. The molecule has 1 radical (unpaired) electrons. The van der Waals surface area contributed by atoms with E-state index in [0.29, 0.717) is 0 Å². The molecule has 0 atom stereocenters. The zero-order valence-electron chi connectivity index (χ0n) is 26.0. The van der Waals surface area contributed by atoms with Crippen LogP contribution < -0.4 is 0 Å². The number of hydrogen-bond acceptors (Lipinski definition) is 4. The molecule has 0 spiro atoms. The number of furan rings is 1. The molecule has 0 saturated carbocycles. The average Bonchev–Trinajstić information content (AvgIpc) is 3.42. The first-order chi connectivity index (χ1) is 20.3. The molecule has 0 bridgehead atoms. The van der Waals surface area contributed by atoms with Gasteiger partial charge in [-0.2, -0.15) is 0 Å². The Morgan fingerprint density at radius 1 is 0.884 bits per heavy atom. The second kappa shape index (κ2) is 15.8. The number of rotatable bonds is 9. The van der Waals surface area contributed by atoms with E-state index in [0.717, 1.165) is 75.6 Å². The molecule has 0 aliphatic heterocycles. The SMILES string of the molecule is CCC(CC)C(=O)/C=C(\O)C(CC)CC.Cc1[c-]c(-c2nccc3cc(-c4cc5ccccc5o4)ccc23)cc(C)c1.[Ir]. The summed E-state index contributed by atoms with van der Waals surface area (Å²) in [4.78, 5) is 16.4. The summed E-state index contributed by atoms with van der Waals surface area (Å²) in [7, 11) is 0. The number of hydrogen-bond donors (Lipinski definition) is 1. The van der Waals surface area contributed by atoms with Crippen LogP contribution in [0.15, 0.2) is 89.2 Å². The van der Waals surface area contributed by atoms with Gasteiger partial charge in [0.05, 0.1) is 5.76 Å². The van der Waals surface area contributed by atoms with Crippen LogP contribution in [0.5, 0.6) is 0 Å². The minimum atomic E-state index is 0. The van der Waals surface area contributed by atoms with Gasteiger partial charge >= 0.3 is 0 Å². The number of benzene rings is 3. The van der Waals surface area contributed by atoms with Gasteiger partial charge in [-0.15, -0.1) is 34.9 Å². The van der Waals surface area contributed by atoms with E-state index < -0.39 is 0 Å². The van der Waals surface area contributed by atoms with E-state index in [4.69, 9.17) is 4.42 Å². The van der Waals surface area contributed by atoms with Gasteiger partial charge in [-0.25, -0.2) is 0 Å². The first-order valence-corrected chi connectivity index (χ1v) is 15.1. The van der Waals surface area contributed by atoms with Crippen molar-refractivity contribution in [2.24, 2.45) is 11.8 Å². The Kier molecular flexibility index (Phi) is 12.5. The number of pyridine rings is 1. The quantitative estimate of drug-likeness (QED) is 0.0925. The Labute approximate surface area is 269 Å². The Morgan fingerprint density at radius 3 is 2.23 bits per heavy atom. The predicted molar refractivity (Wildman–Crippen MR) is 175 cm³/mol. The third-order valence-electron chi connectivity index (χ3n) is 7.96. The number of carbonyl (C=O) groups is 1. The normalized spacial score (nSPS) is 11.5. The first-order valence-electron chi connectivity index (χ1n) is 15.1. The third kappa shape index (κ3) is 8.31. The number of nitrogens with zero attached hydrogens (tertiary/aromatic N) is 1. The Hall–Kier alpha value is -3.53. The number of aromatic nitrogens is 1. The largest absolute Gasteiger partial charge is 0.512 e. The number of aliphatic hydroxyl groups excluding tert-OH is 1. The van der Waals surface area contributed by atoms with Crippen LogP contribution in [0, 0.1) is 31.7 Å². The van der Waals surface area contributed by atoms with E-state index in [-0.39, 0.29) is 43.5 Å². The van der Waals surface area contributed by atoms with E-state index in [9.17, 15) is 9.90 Å². The maximum Gasteiger partial charge on any atom is 0.162 e. The molecule has 5 aromatic rings. The molecule has 43 heavy (non-hydrogen) atoms. The summed E-state index contributed by atoms with van der Waals surface area (Å²) in [5.74, 6) is 1.43. The van der Waals surface area contributed by atoms with Crippen LogP contribution in [-0.4, -0.2) is 15.9 Å². The predicted octanol–water partition coefficient (Wildman–Crippen LogP) is 10.6. The second-order valence-corrected chi connectivity index (χ2v) is 11.0. The summed E-state index contributed by atoms with van der Waals surface area (Å²) in [6, 6.07) is 26.4. The van der Waals surface area contributed by atoms with E-state index in [1.807, 2.05) is 58.2 Å². The monoisotopic (exact) mass is 753 g/mol. The molecule has 0 unspecified atom stereocenters. The van der Waals surface area contributed by atoms with E-state index in [1.54, 1.807) is 0 Å². The van der Waals surface area contributed by atoms with Crippen molar-refractivity contribution in [3.8, 4) is 22.6 Å². The van der Waals surface area contributed by atoms with Gasteiger partial charge in [0, 0.05) is 55.2 Å². The smallest absolute Gasteiger partial charge is 0.162 e. The number of aryl methyl sites for hydroxylation is 2. The van der Waals surface area contributed by atoms with Crippen LogP contribution in [0.25, 0.3) is 44.3 Å². The molecule has 0 saturated heterocycles. The molecule has 1 N–H and O–H groups in total. The first kappa shape index (κ1) is 34.0. The summed E-state index contributed by atoms with van der Waals surface area (Å²) in [5, 5.41) is 13.1. The number of para-hydroxylation sites is 1. The van der Waals surface area contributed by atoms with Gasteiger partial charge in [0.25, 0.3) is 0 Å². The van der Waals surface area contributed by atoms with Crippen LogP contribution in [-0.2, 0) is 24.9 Å². The maximum atomic E-state index is 11.7. The van der Waals surface area contributed by atoms with E-state index in [1.165, 1.54) is 11.6 Å². The molecule has 2 heterocycles. The fourth-order valence-electron chi connectivity index (χ4n) is 5.47. The summed E-state index contributed by atoms with van der Waals surface area (Å²) >= 11 is 0. The van der Waals surface area contributed by atoms with Gasteiger partial charge in [-0.3, -0.25) is 4.79 Å². The van der Waals surface area contributed by atoms with Crippen molar-refractivity contribution < 1.29 is 34.4 Å². The molecule has 0 aliphatic carbocycles.